The van der Waals surface area contributed by atoms with Crippen LogP contribution in [0.25, 0.3) is 0 Å². The third-order valence-corrected chi connectivity index (χ3v) is 2.67. The van der Waals surface area contributed by atoms with Crippen molar-refractivity contribution in [1.82, 2.24) is 4.98 Å². The Hall–Kier alpha value is -1.71. The summed E-state index contributed by atoms with van der Waals surface area (Å²) in [6.07, 6.45) is 1.78. The number of hydrogen-bond donors (Lipinski definition) is 0. The zero-order valence-electron chi connectivity index (χ0n) is 10.9. The number of anilines is 1. The molecular weight excluding hydrogens is 214 g/mol. The van der Waals surface area contributed by atoms with Crippen molar-refractivity contribution < 1.29 is 4.79 Å². The van der Waals surface area contributed by atoms with Crippen molar-refractivity contribution >= 4 is 24.1 Å². The van der Waals surface area contributed by atoms with Crippen LogP contribution in [-0.4, -0.2) is 24.2 Å². The largest absolute Gasteiger partial charge is 0.309 e. The zero-order chi connectivity index (χ0) is 13.0. The number of aliphatic imine (C=N–C) groups is 1. The lowest BCUT2D eigenvalue weighted by molar-refractivity contribution is -0.116. The van der Waals surface area contributed by atoms with Gasteiger partial charge in [-0.15, -0.1) is 0 Å². The minimum Gasteiger partial charge on any atom is -0.309 e. The first-order valence-electron chi connectivity index (χ1n) is 5.76. The maximum atomic E-state index is 11.6. The first kappa shape index (κ1) is 13.4. The zero-order valence-corrected chi connectivity index (χ0v) is 10.9. The van der Waals surface area contributed by atoms with E-state index in [-0.39, 0.29) is 5.91 Å². The molecule has 0 aliphatic heterocycles. The summed E-state index contributed by atoms with van der Waals surface area (Å²) >= 11 is 0. The second-order valence-corrected chi connectivity index (χ2v) is 4.19. The Balaban J connectivity index is 3.31. The molecule has 1 amide bonds. The van der Waals surface area contributed by atoms with Crippen molar-refractivity contribution in [2.75, 3.05) is 11.4 Å². The lowest BCUT2D eigenvalue weighted by Crippen LogP contribution is -2.28. The predicted octanol–water partition coefficient (Wildman–Crippen LogP) is 2.91. The first-order valence-corrected chi connectivity index (χ1v) is 5.76. The minimum absolute atomic E-state index is 0.0138. The Kier molecular flexibility index (Phi) is 4.37. The number of amides is 1. The van der Waals surface area contributed by atoms with Gasteiger partial charge in [-0.3, -0.25) is 4.79 Å². The van der Waals surface area contributed by atoms with Crippen LogP contribution in [0.3, 0.4) is 0 Å². The summed E-state index contributed by atoms with van der Waals surface area (Å²) in [5, 5.41) is 0. The van der Waals surface area contributed by atoms with Crippen LogP contribution < -0.4 is 4.90 Å². The van der Waals surface area contributed by atoms with E-state index < -0.39 is 0 Å². The van der Waals surface area contributed by atoms with E-state index in [0.717, 1.165) is 11.3 Å². The lowest BCUT2D eigenvalue weighted by atomic mass is 10.1. The number of carbonyl (C=O) groups is 1. The molecule has 0 fully saturated rings. The molecule has 0 N–H and O–H groups in total. The highest BCUT2D eigenvalue weighted by molar-refractivity contribution is 5.94. The summed E-state index contributed by atoms with van der Waals surface area (Å²) in [5.74, 6) is 0.859. The molecule has 1 heterocycles. The van der Waals surface area contributed by atoms with Crippen molar-refractivity contribution in [2.24, 2.45) is 4.99 Å². The molecule has 17 heavy (non-hydrogen) atoms. The molecule has 0 spiro atoms. The highest BCUT2D eigenvalue weighted by Gasteiger charge is 2.15. The first-order chi connectivity index (χ1) is 8.01. The average molecular weight is 233 g/mol. The molecule has 0 aromatic carbocycles. The summed E-state index contributed by atoms with van der Waals surface area (Å²) in [4.78, 5) is 21.3. The fourth-order valence-electron chi connectivity index (χ4n) is 1.66. The molecule has 0 saturated heterocycles. The van der Waals surface area contributed by atoms with Crippen LogP contribution in [0.4, 0.5) is 11.5 Å². The molecule has 1 aromatic heterocycles. The molecule has 0 atom stereocenters. The Labute approximate surface area is 102 Å². The van der Waals surface area contributed by atoms with Gasteiger partial charge in [-0.05, 0) is 31.2 Å². The van der Waals surface area contributed by atoms with Gasteiger partial charge < -0.3 is 4.90 Å². The maximum Gasteiger partial charge on any atom is 0.223 e. The summed E-state index contributed by atoms with van der Waals surface area (Å²) in [5.41, 5.74) is 1.83. The Bertz CT molecular complexity index is 427. The van der Waals surface area contributed by atoms with Gasteiger partial charge in [0.15, 0.2) is 5.82 Å². The average Bonchev–Trinajstić information content (AvgIpc) is 2.29. The van der Waals surface area contributed by atoms with Crippen LogP contribution in [0.15, 0.2) is 17.3 Å². The number of pyridine rings is 1. The summed E-state index contributed by atoms with van der Waals surface area (Å²) in [6, 6.07) is 1.96. The van der Waals surface area contributed by atoms with Gasteiger partial charge in [0, 0.05) is 19.7 Å². The molecule has 0 saturated carbocycles. The van der Waals surface area contributed by atoms with Crippen molar-refractivity contribution in [2.45, 2.75) is 33.6 Å². The van der Waals surface area contributed by atoms with Crippen LogP contribution in [0.2, 0.25) is 0 Å². The molecular formula is C13H19N3O. The van der Waals surface area contributed by atoms with Crippen molar-refractivity contribution in [3.8, 4) is 0 Å². The van der Waals surface area contributed by atoms with Crippen molar-refractivity contribution in [3.63, 3.8) is 0 Å². The van der Waals surface area contributed by atoms with Crippen LogP contribution in [-0.2, 0) is 4.79 Å². The molecule has 1 aromatic rings. The lowest BCUT2D eigenvalue weighted by Gasteiger charge is -2.21. The van der Waals surface area contributed by atoms with Crippen LogP contribution in [0, 0.1) is 0 Å². The highest BCUT2D eigenvalue weighted by atomic mass is 16.2. The topological polar surface area (TPSA) is 45.6 Å². The molecule has 0 radical (unpaired) electrons. The predicted molar refractivity (Wildman–Crippen MR) is 71.2 cm³/mol. The van der Waals surface area contributed by atoms with Gasteiger partial charge in [-0.25, -0.2) is 9.98 Å². The SMILES string of the molecule is C=Nc1ncc(C(C)C)cc1N(CC)C(C)=O. The van der Waals surface area contributed by atoms with E-state index in [4.69, 9.17) is 0 Å². The van der Waals surface area contributed by atoms with Gasteiger partial charge >= 0.3 is 0 Å². The standard InChI is InChI=1S/C13H19N3O/c1-6-16(10(4)17)12-7-11(9(2)3)8-15-13(12)14-5/h7-9H,5-6H2,1-4H3. The normalized spacial score (nSPS) is 10.4. The number of aromatic nitrogens is 1. The van der Waals surface area contributed by atoms with E-state index in [1.807, 2.05) is 13.0 Å². The molecule has 4 nitrogen and oxygen atoms in total. The second-order valence-electron chi connectivity index (χ2n) is 4.19. The molecule has 1 rings (SSSR count). The van der Waals surface area contributed by atoms with Gasteiger partial charge in [0.05, 0.1) is 5.69 Å². The quantitative estimate of drug-likeness (QED) is 0.751. The van der Waals surface area contributed by atoms with Gasteiger partial charge in [0.2, 0.25) is 5.91 Å². The maximum absolute atomic E-state index is 11.6. The molecule has 0 aliphatic carbocycles. The Morgan fingerprint density at radius 3 is 2.65 bits per heavy atom. The van der Waals surface area contributed by atoms with Gasteiger partial charge in [0.1, 0.15) is 0 Å². The van der Waals surface area contributed by atoms with E-state index in [2.05, 4.69) is 30.5 Å². The fourth-order valence-corrected chi connectivity index (χ4v) is 1.66. The highest BCUT2D eigenvalue weighted by Crippen LogP contribution is 2.29. The molecule has 4 heteroatoms. The van der Waals surface area contributed by atoms with Crippen LogP contribution in [0.5, 0.6) is 0 Å². The molecule has 0 aliphatic rings. The van der Waals surface area contributed by atoms with Crippen molar-refractivity contribution in [1.29, 1.82) is 0 Å². The summed E-state index contributed by atoms with van der Waals surface area (Å²) < 4.78 is 0. The summed E-state index contributed by atoms with van der Waals surface area (Å²) in [6.45, 7) is 11.7. The van der Waals surface area contributed by atoms with Crippen LogP contribution >= 0.6 is 0 Å². The number of nitrogens with zero attached hydrogens (tertiary/aromatic N) is 3. The van der Waals surface area contributed by atoms with Crippen LogP contribution in [0.1, 0.15) is 39.2 Å². The third kappa shape index (κ3) is 2.90. The molecule has 0 unspecified atom stereocenters. The minimum atomic E-state index is -0.0138. The second kappa shape index (κ2) is 5.57. The molecule has 0 bridgehead atoms. The van der Waals surface area contributed by atoms with E-state index in [1.165, 1.54) is 0 Å². The number of rotatable bonds is 4. The smallest absolute Gasteiger partial charge is 0.223 e. The van der Waals surface area contributed by atoms with E-state index in [9.17, 15) is 4.79 Å². The monoisotopic (exact) mass is 233 g/mol. The van der Waals surface area contributed by atoms with E-state index >= 15 is 0 Å². The van der Waals surface area contributed by atoms with Crippen molar-refractivity contribution in [3.05, 3.63) is 17.8 Å². The number of carbonyl (C=O) groups excluding carboxylic acids is 1. The van der Waals surface area contributed by atoms with Gasteiger partial charge in [0.25, 0.3) is 0 Å². The fraction of sp³-hybridized carbons (Fsp3) is 0.462. The van der Waals surface area contributed by atoms with Gasteiger partial charge in [-0.2, -0.15) is 0 Å². The van der Waals surface area contributed by atoms with Gasteiger partial charge in [-0.1, -0.05) is 13.8 Å². The summed E-state index contributed by atoms with van der Waals surface area (Å²) in [7, 11) is 0. The third-order valence-electron chi connectivity index (χ3n) is 2.67. The Morgan fingerprint density at radius 1 is 1.59 bits per heavy atom. The van der Waals surface area contributed by atoms with E-state index in [1.54, 1.807) is 18.0 Å². The van der Waals surface area contributed by atoms with E-state index in [0.29, 0.717) is 18.3 Å². The number of hydrogen-bond acceptors (Lipinski definition) is 3. The molecule has 92 valence electrons. The Morgan fingerprint density at radius 2 is 2.24 bits per heavy atom.